The van der Waals surface area contributed by atoms with Gasteiger partial charge in [-0.3, -0.25) is 16.3 Å². The molecule has 3 atom stereocenters. The van der Waals surface area contributed by atoms with Crippen LogP contribution in [0.15, 0.2) is 18.3 Å². The number of nitrogens with two attached hydrogens (primary N) is 1. The molecule has 1 aromatic heterocycles. The number of fused-ring (bicyclic) bond motifs is 1. The highest BCUT2D eigenvalue weighted by molar-refractivity contribution is 5.15. The van der Waals surface area contributed by atoms with Crippen molar-refractivity contribution in [2.75, 3.05) is 0 Å². The van der Waals surface area contributed by atoms with Gasteiger partial charge in [-0.2, -0.15) is 0 Å². The summed E-state index contributed by atoms with van der Waals surface area (Å²) in [6.45, 7) is 2.16. The number of hydrogen-bond acceptors (Lipinski definition) is 3. The van der Waals surface area contributed by atoms with Gasteiger partial charge in [0.05, 0.1) is 0 Å². The van der Waals surface area contributed by atoms with Crippen LogP contribution in [0.4, 0.5) is 0 Å². The molecule has 0 aliphatic heterocycles. The third kappa shape index (κ3) is 2.43. The van der Waals surface area contributed by atoms with E-state index in [4.69, 9.17) is 5.84 Å². The topological polar surface area (TPSA) is 50.9 Å². The quantitative estimate of drug-likeness (QED) is 0.617. The van der Waals surface area contributed by atoms with Crippen LogP contribution in [0.3, 0.4) is 0 Å². The maximum absolute atomic E-state index is 5.74. The molecule has 3 unspecified atom stereocenters. The van der Waals surface area contributed by atoms with Crippen molar-refractivity contribution in [3.8, 4) is 0 Å². The van der Waals surface area contributed by atoms with Gasteiger partial charge in [0.15, 0.2) is 0 Å². The minimum Gasteiger partial charge on any atom is -0.271 e. The van der Waals surface area contributed by atoms with Crippen LogP contribution in [0.1, 0.15) is 37.4 Å². The number of hydrogen-bond donors (Lipinski definition) is 2. The molecule has 1 aromatic rings. The first-order valence-corrected chi connectivity index (χ1v) is 7.20. The summed E-state index contributed by atoms with van der Waals surface area (Å²) in [6.07, 6.45) is 8.22. The zero-order valence-electron chi connectivity index (χ0n) is 11.1. The van der Waals surface area contributed by atoms with Gasteiger partial charge in [-0.15, -0.1) is 0 Å². The molecule has 0 amide bonds. The summed E-state index contributed by atoms with van der Waals surface area (Å²) in [5.74, 6) is 8.53. The monoisotopic (exact) mass is 245 g/mol. The molecule has 3 N–H and O–H groups in total. The van der Waals surface area contributed by atoms with Crippen molar-refractivity contribution in [2.45, 2.75) is 45.1 Å². The number of aryl methyl sites for hydroxylation is 1. The first-order valence-electron chi connectivity index (χ1n) is 7.20. The Morgan fingerprint density at radius 1 is 1.33 bits per heavy atom. The second-order valence-corrected chi connectivity index (χ2v) is 5.98. The van der Waals surface area contributed by atoms with Crippen LogP contribution in [0.2, 0.25) is 0 Å². The van der Waals surface area contributed by atoms with Crippen molar-refractivity contribution >= 4 is 0 Å². The maximum Gasteiger partial charge on any atom is 0.0419 e. The lowest BCUT2D eigenvalue weighted by molar-refractivity contribution is 0.334. The van der Waals surface area contributed by atoms with Crippen LogP contribution in [-0.4, -0.2) is 11.0 Å². The van der Waals surface area contributed by atoms with Crippen molar-refractivity contribution in [1.82, 2.24) is 10.4 Å². The van der Waals surface area contributed by atoms with Crippen LogP contribution in [0.25, 0.3) is 0 Å². The summed E-state index contributed by atoms with van der Waals surface area (Å²) in [6, 6.07) is 4.73. The molecule has 98 valence electrons. The molecule has 0 bridgehead atoms. The summed E-state index contributed by atoms with van der Waals surface area (Å²) in [4.78, 5) is 4.54. The minimum atomic E-state index is 0.401. The molecule has 0 spiro atoms. The molecular formula is C15H23N3. The van der Waals surface area contributed by atoms with E-state index in [9.17, 15) is 0 Å². The average molecular weight is 245 g/mol. The zero-order chi connectivity index (χ0) is 12.5. The Kier molecular flexibility index (Phi) is 3.35. The number of hydrazine groups is 1. The van der Waals surface area contributed by atoms with Gasteiger partial charge in [0.25, 0.3) is 0 Å². The Labute approximate surface area is 109 Å². The number of pyridine rings is 1. The van der Waals surface area contributed by atoms with Gasteiger partial charge in [-0.05, 0) is 55.1 Å². The second kappa shape index (κ2) is 4.98. The number of nitrogens with one attached hydrogen (secondary N) is 1. The van der Waals surface area contributed by atoms with E-state index in [0.29, 0.717) is 6.04 Å². The van der Waals surface area contributed by atoms with E-state index in [-0.39, 0.29) is 0 Å². The molecule has 0 aromatic carbocycles. The fraction of sp³-hybridized carbons (Fsp3) is 0.667. The fourth-order valence-corrected chi connectivity index (χ4v) is 3.46. The normalized spacial score (nSPS) is 31.1. The van der Waals surface area contributed by atoms with Crippen LogP contribution >= 0.6 is 0 Å². The van der Waals surface area contributed by atoms with E-state index in [1.165, 1.54) is 24.8 Å². The molecule has 1 heterocycles. The molecule has 0 radical (unpaired) electrons. The lowest BCUT2D eigenvalue weighted by Crippen LogP contribution is -2.42. The van der Waals surface area contributed by atoms with Crippen LogP contribution in [0.5, 0.6) is 0 Å². The molecule has 18 heavy (non-hydrogen) atoms. The number of rotatable bonds is 5. The van der Waals surface area contributed by atoms with Gasteiger partial charge in [-0.25, -0.2) is 0 Å². The highest BCUT2D eigenvalue weighted by Crippen LogP contribution is 2.55. The fourth-order valence-electron chi connectivity index (χ4n) is 3.46. The van der Waals surface area contributed by atoms with E-state index in [2.05, 4.69) is 29.5 Å². The van der Waals surface area contributed by atoms with Crippen LogP contribution in [0, 0.1) is 17.8 Å². The largest absolute Gasteiger partial charge is 0.271 e. The zero-order valence-corrected chi connectivity index (χ0v) is 11.1. The predicted octanol–water partition coefficient (Wildman–Crippen LogP) is 2.06. The van der Waals surface area contributed by atoms with E-state index >= 15 is 0 Å². The Balaban J connectivity index is 1.61. The molecule has 2 aliphatic carbocycles. The highest BCUT2D eigenvalue weighted by Gasteiger charge is 2.47. The van der Waals surface area contributed by atoms with Gasteiger partial charge in [0, 0.05) is 24.4 Å². The minimum absolute atomic E-state index is 0.401. The smallest absolute Gasteiger partial charge is 0.0419 e. The summed E-state index contributed by atoms with van der Waals surface area (Å²) in [7, 11) is 0. The van der Waals surface area contributed by atoms with Gasteiger partial charge >= 0.3 is 0 Å². The molecule has 2 aliphatic rings. The second-order valence-electron chi connectivity index (χ2n) is 5.98. The van der Waals surface area contributed by atoms with Crippen molar-refractivity contribution in [1.29, 1.82) is 0 Å². The molecule has 3 rings (SSSR count). The summed E-state index contributed by atoms with van der Waals surface area (Å²) >= 11 is 0. The molecule has 3 nitrogen and oxygen atoms in total. The van der Waals surface area contributed by atoms with Crippen LogP contribution in [-0.2, 0) is 12.8 Å². The predicted molar refractivity (Wildman–Crippen MR) is 72.8 cm³/mol. The highest BCUT2D eigenvalue weighted by atomic mass is 15.2. The van der Waals surface area contributed by atoms with Crippen molar-refractivity contribution < 1.29 is 0 Å². The Bertz CT molecular complexity index is 391. The maximum atomic E-state index is 5.74. The van der Waals surface area contributed by atoms with Gasteiger partial charge in [0.1, 0.15) is 0 Å². The Morgan fingerprint density at radius 2 is 2.11 bits per heavy atom. The molecular weight excluding hydrogens is 222 g/mol. The lowest BCUT2D eigenvalue weighted by atomic mass is 9.91. The average Bonchev–Trinajstić information content (AvgIpc) is 3.03. The van der Waals surface area contributed by atoms with E-state index in [1.807, 2.05) is 6.20 Å². The van der Waals surface area contributed by atoms with Gasteiger partial charge in [0.2, 0.25) is 0 Å². The Hall–Kier alpha value is -0.930. The number of aromatic nitrogens is 1. The molecule has 3 heteroatoms. The SMILES string of the molecule is CCc1ccc(CC(NN)C2CC3CC3C2)nc1. The third-order valence-electron chi connectivity index (χ3n) is 4.79. The summed E-state index contributed by atoms with van der Waals surface area (Å²) < 4.78 is 0. The molecule has 0 saturated heterocycles. The third-order valence-corrected chi connectivity index (χ3v) is 4.79. The van der Waals surface area contributed by atoms with E-state index < -0.39 is 0 Å². The van der Waals surface area contributed by atoms with Gasteiger partial charge in [-0.1, -0.05) is 13.0 Å². The summed E-state index contributed by atoms with van der Waals surface area (Å²) in [5.41, 5.74) is 5.49. The van der Waals surface area contributed by atoms with Crippen molar-refractivity contribution in [3.05, 3.63) is 29.6 Å². The first-order chi connectivity index (χ1) is 8.80. The van der Waals surface area contributed by atoms with E-state index in [1.54, 1.807) is 0 Å². The first kappa shape index (κ1) is 12.1. The number of nitrogens with zero attached hydrogens (tertiary/aromatic N) is 1. The molecule has 2 saturated carbocycles. The lowest BCUT2D eigenvalue weighted by Gasteiger charge is -2.23. The molecule has 2 fully saturated rings. The standard InChI is InChI=1S/C15H23N3/c1-2-10-3-4-14(17-9-10)8-15(18-16)13-6-11-5-12(11)7-13/h3-4,9,11-13,15,18H,2,5-8,16H2,1H3. The van der Waals surface area contributed by atoms with Crippen molar-refractivity contribution in [2.24, 2.45) is 23.6 Å². The Morgan fingerprint density at radius 3 is 2.67 bits per heavy atom. The van der Waals surface area contributed by atoms with Crippen molar-refractivity contribution in [3.63, 3.8) is 0 Å². The van der Waals surface area contributed by atoms with Gasteiger partial charge < -0.3 is 0 Å². The summed E-state index contributed by atoms with van der Waals surface area (Å²) in [5, 5.41) is 0. The van der Waals surface area contributed by atoms with E-state index in [0.717, 1.165) is 36.3 Å². The van der Waals surface area contributed by atoms with Crippen LogP contribution < -0.4 is 11.3 Å².